The van der Waals surface area contributed by atoms with Crippen molar-refractivity contribution in [3.8, 4) is 5.75 Å². The van der Waals surface area contributed by atoms with Crippen molar-refractivity contribution in [2.24, 2.45) is 5.92 Å². The van der Waals surface area contributed by atoms with Gasteiger partial charge >= 0.3 is 0 Å². The van der Waals surface area contributed by atoms with Crippen molar-refractivity contribution < 1.29 is 9.53 Å². The molecule has 0 radical (unpaired) electrons. The third-order valence-corrected chi connectivity index (χ3v) is 6.63. The van der Waals surface area contributed by atoms with Gasteiger partial charge in [0, 0.05) is 24.5 Å². The maximum atomic E-state index is 12.9. The number of pyridine rings is 1. The summed E-state index contributed by atoms with van der Waals surface area (Å²) in [5.74, 6) is 1.68. The molecule has 1 amide bonds. The number of aryl methyl sites for hydroxylation is 1. The van der Waals surface area contributed by atoms with E-state index in [1.165, 1.54) is 11.8 Å². The number of nitrogens with zero attached hydrogens (tertiary/aromatic N) is 4. The number of rotatable bonds is 4. The largest absolute Gasteiger partial charge is 0.497 e. The summed E-state index contributed by atoms with van der Waals surface area (Å²) in [7, 11) is 1.66. The Bertz CT molecular complexity index is 1020. The quantitative estimate of drug-likeness (QED) is 0.623. The molecule has 1 atom stereocenters. The van der Waals surface area contributed by atoms with Gasteiger partial charge in [-0.1, -0.05) is 18.7 Å². The molecule has 3 aromatic rings. The van der Waals surface area contributed by atoms with Crippen LogP contribution in [0.2, 0.25) is 0 Å². The van der Waals surface area contributed by atoms with Gasteiger partial charge in [-0.05, 0) is 56.4 Å². The second-order valence-electron chi connectivity index (χ2n) is 7.65. The number of aromatic nitrogens is 3. The van der Waals surface area contributed by atoms with Crippen LogP contribution in [0.5, 0.6) is 5.75 Å². The first kappa shape index (κ1) is 19.1. The number of likely N-dealkylation sites (tertiary alicyclic amines) is 1. The molecule has 6 nitrogen and oxygen atoms in total. The maximum Gasteiger partial charge on any atom is 0.235 e. The highest BCUT2D eigenvalue weighted by Crippen LogP contribution is 2.31. The van der Waals surface area contributed by atoms with Crippen molar-refractivity contribution in [2.75, 3.05) is 20.2 Å². The SMILES string of the molecule is COc1ccc2c(C)cc3nnc(SC(C)C(=O)N4CCC(C)CC4)n3c2c1. The minimum Gasteiger partial charge on any atom is -0.497 e. The van der Waals surface area contributed by atoms with Gasteiger partial charge in [-0.3, -0.25) is 9.20 Å². The van der Waals surface area contributed by atoms with E-state index in [4.69, 9.17) is 4.74 Å². The van der Waals surface area contributed by atoms with Crippen molar-refractivity contribution in [3.05, 3.63) is 29.8 Å². The van der Waals surface area contributed by atoms with Gasteiger partial charge in [0.25, 0.3) is 0 Å². The lowest BCUT2D eigenvalue weighted by molar-refractivity contribution is -0.131. The van der Waals surface area contributed by atoms with Gasteiger partial charge in [0.05, 0.1) is 17.9 Å². The van der Waals surface area contributed by atoms with E-state index >= 15 is 0 Å². The Morgan fingerprint density at radius 3 is 2.71 bits per heavy atom. The molecule has 0 N–H and O–H groups in total. The van der Waals surface area contributed by atoms with Gasteiger partial charge in [0.1, 0.15) is 5.75 Å². The standard InChI is InChI=1S/C21H26N4O2S/c1-13-7-9-24(10-8-13)20(26)15(3)28-21-23-22-19-11-14(2)17-6-5-16(27-4)12-18(17)25(19)21/h5-6,11-13,15H,7-10H2,1-4H3. The van der Waals surface area contributed by atoms with E-state index in [1.54, 1.807) is 7.11 Å². The summed E-state index contributed by atoms with van der Waals surface area (Å²) in [6, 6.07) is 8.05. The number of methoxy groups -OCH3 is 1. The molecule has 0 aliphatic carbocycles. The molecule has 1 saturated heterocycles. The van der Waals surface area contributed by atoms with Crippen LogP contribution in [-0.4, -0.2) is 50.9 Å². The molecule has 1 unspecified atom stereocenters. The number of piperidine rings is 1. The van der Waals surface area contributed by atoms with Crippen LogP contribution >= 0.6 is 11.8 Å². The highest BCUT2D eigenvalue weighted by molar-refractivity contribution is 8.00. The Balaban J connectivity index is 1.67. The first-order valence-electron chi connectivity index (χ1n) is 9.76. The average Bonchev–Trinajstić information content (AvgIpc) is 3.10. The van der Waals surface area contributed by atoms with Crippen LogP contribution in [0.1, 0.15) is 32.3 Å². The lowest BCUT2D eigenvalue weighted by atomic mass is 9.99. The van der Waals surface area contributed by atoms with Gasteiger partial charge in [-0.25, -0.2) is 0 Å². The summed E-state index contributed by atoms with van der Waals surface area (Å²) >= 11 is 1.47. The summed E-state index contributed by atoms with van der Waals surface area (Å²) in [6.45, 7) is 7.99. The zero-order chi connectivity index (χ0) is 19.8. The zero-order valence-corrected chi connectivity index (χ0v) is 17.6. The molecule has 0 bridgehead atoms. The van der Waals surface area contributed by atoms with Crippen LogP contribution in [-0.2, 0) is 4.79 Å². The molecule has 1 aromatic carbocycles. The molecule has 28 heavy (non-hydrogen) atoms. The molecular weight excluding hydrogens is 372 g/mol. The fourth-order valence-corrected chi connectivity index (χ4v) is 4.75. The van der Waals surface area contributed by atoms with Crippen molar-refractivity contribution in [1.29, 1.82) is 0 Å². The Morgan fingerprint density at radius 1 is 1.25 bits per heavy atom. The van der Waals surface area contributed by atoms with Crippen LogP contribution in [0.3, 0.4) is 0 Å². The monoisotopic (exact) mass is 398 g/mol. The van der Waals surface area contributed by atoms with E-state index in [2.05, 4.69) is 30.1 Å². The molecule has 1 aliphatic heterocycles. The number of benzene rings is 1. The van der Waals surface area contributed by atoms with Crippen molar-refractivity contribution in [2.45, 2.75) is 44.0 Å². The van der Waals surface area contributed by atoms with Crippen molar-refractivity contribution in [3.63, 3.8) is 0 Å². The van der Waals surface area contributed by atoms with Gasteiger partial charge in [-0.2, -0.15) is 0 Å². The summed E-state index contributed by atoms with van der Waals surface area (Å²) in [4.78, 5) is 14.9. The Labute approximate surface area is 169 Å². The topological polar surface area (TPSA) is 59.7 Å². The van der Waals surface area contributed by atoms with Crippen molar-refractivity contribution >= 4 is 34.2 Å². The van der Waals surface area contributed by atoms with E-state index < -0.39 is 0 Å². The van der Waals surface area contributed by atoms with E-state index in [0.717, 1.165) is 59.0 Å². The van der Waals surface area contributed by atoms with E-state index in [-0.39, 0.29) is 11.2 Å². The lowest BCUT2D eigenvalue weighted by Crippen LogP contribution is -2.41. The molecule has 4 rings (SSSR count). The third kappa shape index (κ3) is 3.43. The third-order valence-electron chi connectivity index (χ3n) is 5.60. The molecule has 0 saturated carbocycles. The van der Waals surface area contributed by atoms with E-state index in [9.17, 15) is 4.79 Å². The number of ether oxygens (including phenoxy) is 1. The van der Waals surface area contributed by atoms with Crippen LogP contribution in [0.4, 0.5) is 0 Å². The second kappa shape index (κ2) is 7.62. The highest BCUT2D eigenvalue weighted by Gasteiger charge is 2.26. The molecule has 7 heteroatoms. The van der Waals surface area contributed by atoms with Gasteiger partial charge in [-0.15, -0.1) is 10.2 Å². The molecule has 148 valence electrons. The fraction of sp³-hybridized carbons (Fsp3) is 0.476. The molecule has 1 fully saturated rings. The van der Waals surface area contributed by atoms with Crippen LogP contribution in [0, 0.1) is 12.8 Å². The first-order valence-corrected chi connectivity index (χ1v) is 10.6. The molecular formula is C21H26N4O2S. The second-order valence-corrected chi connectivity index (χ2v) is 8.96. The Hall–Kier alpha value is -2.28. The normalized spacial score (nSPS) is 16.6. The number of carbonyl (C=O) groups is 1. The van der Waals surface area contributed by atoms with Crippen LogP contribution in [0.25, 0.3) is 16.6 Å². The lowest BCUT2D eigenvalue weighted by Gasteiger charge is -2.31. The minimum atomic E-state index is -0.206. The maximum absolute atomic E-state index is 12.9. The van der Waals surface area contributed by atoms with Crippen LogP contribution in [0.15, 0.2) is 29.4 Å². The van der Waals surface area contributed by atoms with Gasteiger partial charge in [0.15, 0.2) is 10.8 Å². The summed E-state index contributed by atoms with van der Waals surface area (Å²) in [5.41, 5.74) is 2.92. The van der Waals surface area contributed by atoms with E-state index in [1.807, 2.05) is 34.4 Å². The molecule has 3 heterocycles. The highest BCUT2D eigenvalue weighted by atomic mass is 32.2. The van der Waals surface area contributed by atoms with E-state index in [0.29, 0.717) is 5.92 Å². The number of carbonyl (C=O) groups excluding carboxylic acids is 1. The van der Waals surface area contributed by atoms with Crippen LogP contribution < -0.4 is 4.74 Å². The minimum absolute atomic E-state index is 0.183. The predicted octanol–water partition coefficient (Wildman–Crippen LogP) is 3.94. The summed E-state index contributed by atoms with van der Waals surface area (Å²) < 4.78 is 7.44. The molecule has 2 aromatic heterocycles. The predicted molar refractivity (Wildman–Crippen MR) is 112 cm³/mol. The average molecular weight is 399 g/mol. The molecule has 0 spiro atoms. The van der Waals surface area contributed by atoms with Crippen molar-refractivity contribution in [1.82, 2.24) is 19.5 Å². The Morgan fingerprint density at radius 2 is 2.00 bits per heavy atom. The number of amides is 1. The molecule has 1 aliphatic rings. The number of fused-ring (bicyclic) bond motifs is 3. The number of hydrogen-bond donors (Lipinski definition) is 0. The zero-order valence-electron chi connectivity index (χ0n) is 16.8. The Kier molecular flexibility index (Phi) is 5.19. The number of hydrogen-bond acceptors (Lipinski definition) is 5. The smallest absolute Gasteiger partial charge is 0.235 e. The fourth-order valence-electron chi connectivity index (χ4n) is 3.80. The summed E-state index contributed by atoms with van der Waals surface area (Å²) in [6.07, 6.45) is 2.17. The first-order chi connectivity index (χ1) is 13.5. The van der Waals surface area contributed by atoms with Gasteiger partial charge in [0.2, 0.25) is 5.91 Å². The summed E-state index contributed by atoms with van der Waals surface area (Å²) in [5, 5.41) is 10.4. The van der Waals surface area contributed by atoms with Gasteiger partial charge < -0.3 is 9.64 Å². The number of thioether (sulfide) groups is 1.